The van der Waals surface area contributed by atoms with Crippen LogP contribution in [0.25, 0.3) is 0 Å². The zero-order chi connectivity index (χ0) is 6.41. The lowest BCUT2D eigenvalue weighted by Gasteiger charge is -1.88. The van der Waals surface area contributed by atoms with Crippen molar-refractivity contribution in [3.8, 4) is 0 Å². The molecule has 0 fully saturated rings. The third-order valence-electron chi connectivity index (χ3n) is 0.654. The van der Waals surface area contributed by atoms with Gasteiger partial charge in [0.2, 0.25) is 0 Å². The Morgan fingerprint density at radius 1 is 1.88 bits per heavy atom. The molecule has 3 heteroatoms. The van der Waals surface area contributed by atoms with Crippen molar-refractivity contribution in [2.24, 2.45) is 0 Å². The van der Waals surface area contributed by atoms with Gasteiger partial charge in [-0.3, -0.25) is 0 Å². The summed E-state index contributed by atoms with van der Waals surface area (Å²) in [7, 11) is 0. The van der Waals surface area contributed by atoms with Crippen LogP contribution in [0.3, 0.4) is 0 Å². The Balaban J connectivity index is 3.11. The van der Waals surface area contributed by atoms with Crippen molar-refractivity contribution in [2.75, 3.05) is 0 Å². The first-order chi connectivity index (χ1) is 3.81. The van der Waals surface area contributed by atoms with Gasteiger partial charge in [-0.15, -0.1) is 6.58 Å². The van der Waals surface area contributed by atoms with E-state index < -0.39 is 5.97 Å². The van der Waals surface area contributed by atoms with E-state index in [1.165, 1.54) is 0 Å². The molecule has 0 aromatic carbocycles. The number of hydrogen-bond acceptors (Lipinski definition) is 3. The van der Waals surface area contributed by atoms with Gasteiger partial charge in [0.05, 0.1) is 6.42 Å². The van der Waals surface area contributed by atoms with E-state index in [-0.39, 0.29) is 6.42 Å². The second-order valence-electron chi connectivity index (χ2n) is 1.29. The van der Waals surface area contributed by atoms with Gasteiger partial charge in [-0.2, -0.15) is 5.26 Å². The predicted octanol–water partition coefficient (Wildman–Crippen LogP) is 0.969. The molecule has 0 saturated carbocycles. The highest BCUT2D eigenvalue weighted by atomic mass is 17.1. The highest BCUT2D eigenvalue weighted by molar-refractivity contribution is 5.68. The molecular weight excluding hydrogens is 108 g/mol. The first-order valence-corrected chi connectivity index (χ1v) is 2.26. The van der Waals surface area contributed by atoms with Crippen molar-refractivity contribution >= 4 is 5.97 Å². The second kappa shape index (κ2) is 4.33. The first kappa shape index (κ1) is 7.17. The molecule has 0 rings (SSSR count). The minimum absolute atomic E-state index is 0.194. The fourth-order valence-electron chi connectivity index (χ4n) is 0.266. The molecule has 0 aromatic heterocycles. The standard InChI is InChI=1S/C5H8O3/c1-2-3-4-5(6)8-7/h2,7H,1,3-4H2. The van der Waals surface area contributed by atoms with Gasteiger partial charge in [0, 0.05) is 0 Å². The van der Waals surface area contributed by atoms with Gasteiger partial charge >= 0.3 is 5.97 Å². The van der Waals surface area contributed by atoms with Gasteiger partial charge in [-0.25, -0.2) is 4.79 Å². The van der Waals surface area contributed by atoms with Crippen LogP contribution in [0.4, 0.5) is 0 Å². The lowest BCUT2D eigenvalue weighted by atomic mass is 10.3. The monoisotopic (exact) mass is 116 g/mol. The molecule has 0 heterocycles. The number of carbonyl (C=O) groups is 1. The molecule has 0 bridgehead atoms. The Hall–Kier alpha value is -0.830. The number of rotatable bonds is 3. The van der Waals surface area contributed by atoms with Crippen LogP contribution in [0.1, 0.15) is 12.8 Å². The maximum Gasteiger partial charge on any atom is 0.342 e. The molecule has 0 unspecified atom stereocenters. The Kier molecular flexibility index (Phi) is 3.88. The summed E-state index contributed by atoms with van der Waals surface area (Å²) >= 11 is 0. The zero-order valence-electron chi connectivity index (χ0n) is 4.46. The van der Waals surface area contributed by atoms with E-state index in [9.17, 15) is 4.79 Å². The number of carbonyl (C=O) groups excluding carboxylic acids is 1. The van der Waals surface area contributed by atoms with Gasteiger partial charge < -0.3 is 4.89 Å². The van der Waals surface area contributed by atoms with Crippen LogP contribution in [-0.2, 0) is 9.68 Å². The van der Waals surface area contributed by atoms with Crippen LogP contribution < -0.4 is 0 Å². The molecule has 0 aliphatic carbocycles. The lowest BCUT2D eigenvalue weighted by molar-refractivity contribution is -0.234. The van der Waals surface area contributed by atoms with E-state index >= 15 is 0 Å². The molecule has 0 radical (unpaired) electrons. The van der Waals surface area contributed by atoms with Crippen LogP contribution >= 0.6 is 0 Å². The molecule has 0 aromatic rings. The topological polar surface area (TPSA) is 46.5 Å². The Morgan fingerprint density at radius 3 is 2.88 bits per heavy atom. The third kappa shape index (κ3) is 3.36. The van der Waals surface area contributed by atoms with Gasteiger partial charge in [0.1, 0.15) is 0 Å². The molecule has 0 amide bonds. The van der Waals surface area contributed by atoms with Crippen molar-refractivity contribution in [2.45, 2.75) is 12.8 Å². The van der Waals surface area contributed by atoms with Crippen LogP contribution in [0.15, 0.2) is 12.7 Å². The van der Waals surface area contributed by atoms with Crippen LogP contribution in [0, 0.1) is 0 Å². The third-order valence-corrected chi connectivity index (χ3v) is 0.654. The maximum atomic E-state index is 10.1. The second-order valence-corrected chi connectivity index (χ2v) is 1.29. The van der Waals surface area contributed by atoms with Gasteiger partial charge in [-0.05, 0) is 6.42 Å². The molecule has 1 N–H and O–H groups in total. The van der Waals surface area contributed by atoms with Crippen molar-refractivity contribution in [1.29, 1.82) is 0 Å². The first-order valence-electron chi connectivity index (χ1n) is 2.26. The van der Waals surface area contributed by atoms with E-state index in [0.717, 1.165) is 0 Å². The van der Waals surface area contributed by atoms with E-state index in [0.29, 0.717) is 6.42 Å². The maximum absolute atomic E-state index is 10.1. The molecule has 0 spiro atoms. The minimum Gasteiger partial charge on any atom is -0.301 e. The fraction of sp³-hybridized carbons (Fsp3) is 0.400. The summed E-state index contributed by atoms with van der Waals surface area (Å²) in [6.45, 7) is 3.38. The van der Waals surface area contributed by atoms with Crippen LogP contribution in [-0.4, -0.2) is 11.2 Å². The minimum atomic E-state index is -0.620. The van der Waals surface area contributed by atoms with E-state index in [1.807, 2.05) is 0 Å². The summed E-state index contributed by atoms with van der Waals surface area (Å²) in [5.74, 6) is -0.620. The summed E-state index contributed by atoms with van der Waals surface area (Å²) in [4.78, 5) is 13.4. The van der Waals surface area contributed by atoms with Gasteiger partial charge in [-0.1, -0.05) is 6.08 Å². The molecule has 0 saturated heterocycles. The summed E-state index contributed by atoms with van der Waals surface area (Å²) < 4.78 is 0. The van der Waals surface area contributed by atoms with E-state index in [1.54, 1.807) is 6.08 Å². The highest BCUT2D eigenvalue weighted by Crippen LogP contribution is 1.89. The molecular formula is C5H8O3. The lowest BCUT2D eigenvalue weighted by Crippen LogP contribution is -1.98. The van der Waals surface area contributed by atoms with Crippen molar-refractivity contribution in [3.05, 3.63) is 12.7 Å². The molecule has 8 heavy (non-hydrogen) atoms. The van der Waals surface area contributed by atoms with Crippen LogP contribution in [0.5, 0.6) is 0 Å². The SMILES string of the molecule is C=CCCC(=O)OO. The smallest absolute Gasteiger partial charge is 0.301 e. The van der Waals surface area contributed by atoms with Crippen molar-refractivity contribution in [1.82, 2.24) is 0 Å². The fourth-order valence-corrected chi connectivity index (χ4v) is 0.266. The zero-order valence-corrected chi connectivity index (χ0v) is 4.46. The highest BCUT2D eigenvalue weighted by Gasteiger charge is 1.96. The van der Waals surface area contributed by atoms with Crippen molar-refractivity contribution < 1.29 is 14.9 Å². The molecule has 46 valence electrons. The molecule has 3 nitrogen and oxygen atoms in total. The summed E-state index contributed by atoms with van der Waals surface area (Å²) in [6.07, 6.45) is 2.32. The summed E-state index contributed by atoms with van der Waals surface area (Å²) in [5, 5.41) is 7.68. The van der Waals surface area contributed by atoms with E-state index in [4.69, 9.17) is 5.26 Å². The Labute approximate surface area is 47.5 Å². The summed E-state index contributed by atoms with van der Waals surface area (Å²) in [5.41, 5.74) is 0. The number of hydrogen-bond donors (Lipinski definition) is 1. The molecule has 0 aliphatic rings. The number of allylic oxidation sites excluding steroid dienone is 1. The van der Waals surface area contributed by atoms with Gasteiger partial charge in [0.15, 0.2) is 0 Å². The molecule has 0 aliphatic heterocycles. The predicted molar refractivity (Wildman–Crippen MR) is 28.2 cm³/mol. The van der Waals surface area contributed by atoms with Gasteiger partial charge in [0.25, 0.3) is 0 Å². The Morgan fingerprint density at radius 2 is 2.50 bits per heavy atom. The summed E-state index contributed by atoms with van der Waals surface area (Å²) in [6, 6.07) is 0. The largest absolute Gasteiger partial charge is 0.342 e. The van der Waals surface area contributed by atoms with E-state index in [2.05, 4.69) is 11.5 Å². The van der Waals surface area contributed by atoms with Crippen molar-refractivity contribution in [3.63, 3.8) is 0 Å². The normalized spacial score (nSPS) is 8.12. The average Bonchev–Trinajstić information content (AvgIpc) is 1.83. The quantitative estimate of drug-likeness (QED) is 0.339. The van der Waals surface area contributed by atoms with Crippen LogP contribution in [0.2, 0.25) is 0 Å². The molecule has 0 atom stereocenters. The Bertz CT molecular complexity index is 87.7. The average molecular weight is 116 g/mol.